The van der Waals surface area contributed by atoms with E-state index < -0.39 is 5.82 Å². The average Bonchev–Trinajstić information content (AvgIpc) is 3.12. The van der Waals surface area contributed by atoms with E-state index in [0.717, 1.165) is 28.3 Å². The second-order valence-electron chi connectivity index (χ2n) is 7.80. The highest BCUT2D eigenvalue weighted by Gasteiger charge is 2.21. The van der Waals surface area contributed by atoms with Gasteiger partial charge in [-0.1, -0.05) is 17.7 Å². The monoisotopic (exact) mass is 484 g/mol. The van der Waals surface area contributed by atoms with Gasteiger partial charge < -0.3 is 10.1 Å². The van der Waals surface area contributed by atoms with Crippen molar-refractivity contribution in [3.63, 3.8) is 0 Å². The normalized spacial score (nSPS) is 11.1. The number of fused-ring (bicyclic) bond motifs is 1. The molecule has 0 unspecified atom stereocenters. The highest BCUT2D eigenvalue weighted by atomic mass is 35.5. The molecule has 1 N–H and O–H groups in total. The summed E-state index contributed by atoms with van der Waals surface area (Å²) in [6.07, 6.45) is 0.498. The van der Waals surface area contributed by atoms with Gasteiger partial charge in [0.25, 0.3) is 0 Å². The molecule has 176 valence electrons. The molecule has 0 aliphatic carbocycles. The fraction of sp³-hybridized carbons (Fsp3) is 0.240. The third-order valence-electron chi connectivity index (χ3n) is 5.47. The molecule has 2 aromatic carbocycles. The number of amides is 1. The first-order chi connectivity index (χ1) is 16.3. The maximum atomic E-state index is 13.8. The molecule has 2 aromatic heterocycles. The van der Waals surface area contributed by atoms with Crippen molar-refractivity contribution in [3.8, 4) is 11.6 Å². The number of aryl methyl sites for hydroxylation is 2. The van der Waals surface area contributed by atoms with Gasteiger partial charge in [0.15, 0.2) is 5.65 Å². The SMILES string of the molecule is CCOc1nc2c(c(C)nn2-c2cccc(F)c2)c(C)c1CCC(=O)Nc1ccc(F)cc1Cl. The zero-order chi connectivity index (χ0) is 24.4. The summed E-state index contributed by atoms with van der Waals surface area (Å²) < 4.78 is 34.5. The zero-order valence-corrected chi connectivity index (χ0v) is 19.7. The van der Waals surface area contributed by atoms with E-state index in [-0.39, 0.29) is 23.2 Å². The lowest BCUT2D eigenvalue weighted by Gasteiger charge is -2.14. The lowest BCUT2D eigenvalue weighted by atomic mass is 10.0. The summed E-state index contributed by atoms with van der Waals surface area (Å²) >= 11 is 6.01. The van der Waals surface area contributed by atoms with Crippen LogP contribution in [-0.4, -0.2) is 27.3 Å². The number of hydrogen-bond donors (Lipinski definition) is 1. The topological polar surface area (TPSA) is 69.0 Å². The predicted molar refractivity (Wildman–Crippen MR) is 128 cm³/mol. The minimum Gasteiger partial charge on any atom is -0.478 e. The van der Waals surface area contributed by atoms with Crippen LogP contribution in [0, 0.1) is 25.5 Å². The third-order valence-corrected chi connectivity index (χ3v) is 5.78. The number of carbonyl (C=O) groups excluding carboxylic acids is 1. The molecule has 0 aliphatic heterocycles. The van der Waals surface area contributed by atoms with Crippen molar-refractivity contribution in [2.24, 2.45) is 0 Å². The van der Waals surface area contributed by atoms with E-state index in [1.54, 1.807) is 16.8 Å². The van der Waals surface area contributed by atoms with Crippen LogP contribution in [0.25, 0.3) is 16.7 Å². The van der Waals surface area contributed by atoms with Gasteiger partial charge in [-0.3, -0.25) is 4.79 Å². The van der Waals surface area contributed by atoms with Crippen LogP contribution in [0.5, 0.6) is 5.88 Å². The number of ether oxygens (including phenoxy) is 1. The number of benzene rings is 2. The van der Waals surface area contributed by atoms with E-state index in [9.17, 15) is 13.6 Å². The number of rotatable bonds is 7. The predicted octanol–water partition coefficient (Wildman–Crippen LogP) is 5.94. The summed E-state index contributed by atoms with van der Waals surface area (Å²) in [7, 11) is 0. The van der Waals surface area contributed by atoms with Gasteiger partial charge in [0.1, 0.15) is 11.6 Å². The molecule has 4 rings (SSSR count). The van der Waals surface area contributed by atoms with E-state index >= 15 is 0 Å². The standard InChI is InChI=1S/C25H23ClF2N4O2/c1-4-34-25-19(9-11-22(33)29-21-10-8-17(28)13-20(21)26)14(2)23-15(3)31-32(24(23)30-25)18-7-5-6-16(27)12-18/h5-8,10,12-13H,4,9,11H2,1-3H3,(H,29,33). The number of hydrogen-bond acceptors (Lipinski definition) is 4. The first kappa shape index (κ1) is 23.6. The quantitative estimate of drug-likeness (QED) is 0.352. The largest absolute Gasteiger partial charge is 0.478 e. The molecule has 1 amide bonds. The van der Waals surface area contributed by atoms with E-state index in [1.165, 1.54) is 24.3 Å². The number of nitrogens with zero attached hydrogens (tertiary/aromatic N) is 3. The number of nitrogens with one attached hydrogen (secondary N) is 1. The van der Waals surface area contributed by atoms with Crippen molar-refractivity contribution < 1.29 is 18.3 Å². The maximum Gasteiger partial charge on any atom is 0.224 e. The third kappa shape index (κ3) is 4.72. The zero-order valence-electron chi connectivity index (χ0n) is 19.0. The minimum atomic E-state index is -0.478. The van der Waals surface area contributed by atoms with Gasteiger partial charge in [-0.2, -0.15) is 10.1 Å². The summed E-state index contributed by atoms with van der Waals surface area (Å²) in [5.74, 6) is -0.724. The minimum absolute atomic E-state index is 0.128. The lowest BCUT2D eigenvalue weighted by Crippen LogP contribution is -2.14. The molecular formula is C25H23ClF2N4O2. The fourth-order valence-corrected chi connectivity index (χ4v) is 4.13. The molecule has 0 saturated heterocycles. The van der Waals surface area contributed by atoms with E-state index in [4.69, 9.17) is 21.3 Å². The number of pyridine rings is 1. The molecule has 2 heterocycles. The van der Waals surface area contributed by atoms with Crippen molar-refractivity contribution in [3.05, 3.63) is 75.9 Å². The Balaban J connectivity index is 1.67. The molecule has 0 aliphatic rings. The second kappa shape index (κ2) is 9.77. The van der Waals surface area contributed by atoms with Crippen molar-refractivity contribution in [2.45, 2.75) is 33.6 Å². The first-order valence-electron chi connectivity index (χ1n) is 10.8. The molecule has 0 bridgehead atoms. The Morgan fingerprint density at radius 3 is 2.62 bits per heavy atom. The smallest absolute Gasteiger partial charge is 0.224 e. The van der Waals surface area contributed by atoms with Gasteiger partial charge in [0.05, 0.1) is 28.7 Å². The Kier molecular flexibility index (Phi) is 6.79. The number of anilines is 1. The highest BCUT2D eigenvalue weighted by Crippen LogP contribution is 2.32. The number of carbonyl (C=O) groups is 1. The van der Waals surface area contributed by atoms with Crippen molar-refractivity contribution >= 4 is 34.2 Å². The average molecular weight is 485 g/mol. The lowest BCUT2D eigenvalue weighted by molar-refractivity contribution is -0.116. The molecule has 0 radical (unpaired) electrons. The van der Waals surface area contributed by atoms with Crippen LogP contribution >= 0.6 is 11.6 Å². The summed E-state index contributed by atoms with van der Waals surface area (Å²) in [4.78, 5) is 17.3. The molecule has 9 heteroatoms. The molecule has 0 atom stereocenters. The van der Waals surface area contributed by atoms with Crippen molar-refractivity contribution in [1.82, 2.24) is 14.8 Å². The Morgan fingerprint density at radius 1 is 1.15 bits per heavy atom. The van der Waals surface area contributed by atoms with Gasteiger partial charge in [-0.15, -0.1) is 0 Å². The molecule has 0 spiro atoms. The van der Waals surface area contributed by atoms with Gasteiger partial charge in [-0.25, -0.2) is 13.5 Å². The summed E-state index contributed by atoms with van der Waals surface area (Å²) in [5.41, 5.74) is 3.86. The molecule has 0 fully saturated rings. The van der Waals surface area contributed by atoms with Crippen LogP contribution < -0.4 is 10.1 Å². The fourth-order valence-electron chi connectivity index (χ4n) is 3.91. The summed E-state index contributed by atoms with van der Waals surface area (Å²) in [6, 6.07) is 9.93. The van der Waals surface area contributed by atoms with Crippen LogP contribution in [0.2, 0.25) is 5.02 Å². The Hall–Kier alpha value is -3.52. The van der Waals surface area contributed by atoms with Gasteiger partial charge in [-0.05, 0) is 69.2 Å². The molecule has 34 heavy (non-hydrogen) atoms. The van der Waals surface area contributed by atoms with Crippen LogP contribution in [0.3, 0.4) is 0 Å². The van der Waals surface area contributed by atoms with Crippen LogP contribution in [0.1, 0.15) is 30.2 Å². The maximum absolute atomic E-state index is 13.8. The van der Waals surface area contributed by atoms with Crippen LogP contribution in [0.4, 0.5) is 14.5 Å². The molecule has 6 nitrogen and oxygen atoms in total. The van der Waals surface area contributed by atoms with Gasteiger partial charge in [0, 0.05) is 17.4 Å². The number of halogens is 3. The Labute approximate surface area is 200 Å². The number of aromatic nitrogens is 3. The molecule has 4 aromatic rings. The Bertz CT molecular complexity index is 1390. The summed E-state index contributed by atoms with van der Waals surface area (Å²) in [6.45, 7) is 6.03. The molecule has 0 saturated carbocycles. The molecular weight excluding hydrogens is 462 g/mol. The van der Waals surface area contributed by atoms with Gasteiger partial charge >= 0.3 is 0 Å². The first-order valence-corrected chi connectivity index (χ1v) is 11.2. The second-order valence-corrected chi connectivity index (χ2v) is 8.21. The van der Waals surface area contributed by atoms with Crippen LogP contribution in [0.15, 0.2) is 42.5 Å². The van der Waals surface area contributed by atoms with Crippen molar-refractivity contribution in [2.75, 3.05) is 11.9 Å². The van der Waals surface area contributed by atoms with E-state index in [2.05, 4.69) is 10.4 Å². The van der Waals surface area contributed by atoms with E-state index in [0.29, 0.717) is 35.9 Å². The highest BCUT2D eigenvalue weighted by molar-refractivity contribution is 6.33. The Morgan fingerprint density at radius 2 is 1.91 bits per heavy atom. The van der Waals surface area contributed by atoms with Gasteiger partial charge in [0.2, 0.25) is 11.8 Å². The van der Waals surface area contributed by atoms with Crippen molar-refractivity contribution in [1.29, 1.82) is 0 Å². The van der Waals surface area contributed by atoms with Crippen LogP contribution in [-0.2, 0) is 11.2 Å². The van der Waals surface area contributed by atoms with E-state index in [1.807, 2.05) is 20.8 Å². The summed E-state index contributed by atoms with van der Waals surface area (Å²) in [5, 5.41) is 8.24.